The van der Waals surface area contributed by atoms with Crippen molar-refractivity contribution in [2.75, 3.05) is 0 Å². The Balaban J connectivity index is 2.22. The molecule has 1 nitrogen and oxygen atoms in total. The average Bonchev–Trinajstić information content (AvgIpc) is 2.05. The molecular formula is C12H13F3O. The number of halogens is 3. The first kappa shape index (κ1) is 11.3. The molecule has 4 heteroatoms. The van der Waals surface area contributed by atoms with Crippen LogP contribution in [0.2, 0.25) is 0 Å². The predicted octanol–water partition coefficient (Wildman–Crippen LogP) is 4.16. The van der Waals surface area contributed by atoms with E-state index in [2.05, 4.69) is 4.74 Å². The zero-order chi connectivity index (χ0) is 11.8. The van der Waals surface area contributed by atoms with E-state index in [1.807, 2.05) is 6.07 Å². The van der Waals surface area contributed by atoms with Crippen molar-refractivity contribution in [3.05, 3.63) is 29.3 Å². The SMILES string of the molecule is Cc1ccc(C2CCC2)cc1OC(F)(F)F. The molecule has 0 heterocycles. The second kappa shape index (κ2) is 4.00. The van der Waals surface area contributed by atoms with Gasteiger partial charge in [-0.1, -0.05) is 18.6 Å². The Kier molecular flexibility index (Phi) is 2.82. The molecule has 88 valence electrons. The topological polar surface area (TPSA) is 9.23 Å². The highest BCUT2D eigenvalue weighted by molar-refractivity contribution is 5.38. The standard InChI is InChI=1S/C12H13F3O/c1-8-5-6-10(9-3-2-4-9)7-11(8)16-12(13,14)15/h5-7,9H,2-4H2,1H3. The summed E-state index contributed by atoms with van der Waals surface area (Å²) in [6.45, 7) is 1.62. The Labute approximate surface area is 92.2 Å². The minimum atomic E-state index is -4.61. The maximum absolute atomic E-state index is 12.1. The molecule has 0 radical (unpaired) electrons. The number of hydrogen-bond acceptors (Lipinski definition) is 1. The number of rotatable bonds is 2. The summed E-state index contributed by atoms with van der Waals surface area (Å²) < 4.78 is 40.4. The molecule has 0 unspecified atom stereocenters. The van der Waals surface area contributed by atoms with E-state index >= 15 is 0 Å². The zero-order valence-corrected chi connectivity index (χ0v) is 8.97. The van der Waals surface area contributed by atoms with Crippen LogP contribution in [0.3, 0.4) is 0 Å². The van der Waals surface area contributed by atoms with E-state index < -0.39 is 6.36 Å². The van der Waals surface area contributed by atoms with Gasteiger partial charge < -0.3 is 4.74 Å². The molecule has 0 spiro atoms. The lowest BCUT2D eigenvalue weighted by atomic mass is 9.80. The summed E-state index contributed by atoms with van der Waals surface area (Å²) in [5.41, 5.74) is 1.47. The molecule has 1 saturated carbocycles. The average molecular weight is 230 g/mol. The molecule has 0 bridgehead atoms. The third-order valence-electron chi connectivity index (χ3n) is 3.01. The zero-order valence-electron chi connectivity index (χ0n) is 8.97. The van der Waals surface area contributed by atoms with Crippen LogP contribution in [0.4, 0.5) is 13.2 Å². The maximum atomic E-state index is 12.1. The van der Waals surface area contributed by atoms with E-state index in [4.69, 9.17) is 0 Å². The van der Waals surface area contributed by atoms with Crippen LogP contribution in [-0.4, -0.2) is 6.36 Å². The van der Waals surface area contributed by atoms with E-state index in [0.29, 0.717) is 11.5 Å². The van der Waals surface area contributed by atoms with Crippen molar-refractivity contribution < 1.29 is 17.9 Å². The lowest BCUT2D eigenvalue weighted by Crippen LogP contribution is -2.18. The van der Waals surface area contributed by atoms with Crippen LogP contribution in [0.25, 0.3) is 0 Å². The van der Waals surface area contributed by atoms with Gasteiger partial charge in [0.25, 0.3) is 0 Å². The molecule has 1 aromatic rings. The first-order chi connectivity index (χ1) is 7.46. The Bertz CT molecular complexity index is 380. The summed E-state index contributed by atoms with van der Waals surface area (Å²) >= 11 is 0. The molecule has 0 saturated heterocycles. The van der Waals surface area contributed by atoms with E-state index in [1.54, 1.807) is 13.0 Å². The minimum absolute atomic E-state index is 0.0723. The van der Waals surface area contributed by atoms with Gasteiger partial charge in [0, 0.05) is 0 Å². The Hall–Kier alpha value is -1.19. The highest BCUT2D eigenvalue weighted by atomic mass is 19.4. The van der Waals surface area contributed by atoms with E-state index in [0.717, 1.165) is 24.8 Å². The van der Waals surface area contributed by atoms with E-state index in [-0.39, 0.29) is 5.75 Å². The molecular weight excluding hydrogens is 217 g/mol. The van der Waals surface area contributed by atoms with Crippen LogP contribution in [-0.2, 0) is 0 Å². The third-order valence-corrected chi connectivity index (χ3v) is 3.01. The highest BCUT2D eigenvalue weighted by Gasteiger charge is 2.32. The lowest BCUT2D eigenvalue weighted by molar-refractivity contribution is -0.274. The van der Waals surface area contributed by atoms with Gasteiger partial charge in [-0.05, 0) is 42.9 Å². The lowest BCUT2D eigenvalue weighted by Gasteiger charge is -2.26. The molecule has 0 atom stereocenters. The first-order valence-corrected chi connectivity index (χ1v) is 5.32. The van der Waals surface area contributed by atoms with Gasteiger partial charge >= 0.3 is 6.36 Å². The number of hydrogen-bond donors (Lipinski definition) is 0. The van der Waals surface area contributed by atoms with Gasteiger partial charge in [-0.2, -0.15) is 0 Å². The van der Waals surface area contributed by atoms with Crippen molar-refractivity contribution in [1.82, 2.24) is 0 Å². The van der Waals surface area contributed by atoms with Crippen molar-refractivity contribution in [3.8, 4) is 5.75 Å². The summed E-state index contributed by atoms with van der Waals surface area (Å²) in [6, 6.07) is 5.10. The fourth-order valence-electron chi connectivity index (χ4n) is 1.85. The van der Waals surface area contributed by atoms with Gasteiger partial charge in [-0.15, -0.1) is 13.2 Å². The summed E-state index contributed by atoms with van der Waals surface area (Å²) in [7, 11) is 0. The number of benzene rings is 1. The van der Waals surface area contributed by atoms with Crippen LogP contribution >= 0.6 is 0 Å². The van der Waals surface area contributed by atoms with E-state index in [1.165, 1.54) is 6.07 Å². The number of ether oxygens (including phenoxy) is 1. The minimum Gasteiger partial charge on any atom is -0.406 e. The quantitative estimate of drug-likeness (QED) is 0.741. The molecule has 2 rings (SSSR count). The Morgan fingerprint density at radius 1 is 1.25 bits per heavy atom. The first-order valence-electron chi connectivity index (χ1n) is 5.32. The second-order valence-electron chi connectivity index (χ2n) is 4.20. The Morgan fingerprint density at radius 3 is 2.44 bits per heavy atom. The number of alkyl halides is 3. The predicted molar refractivity (Wildman–Crippen MR) is 54.5 cm³/mol. The largest absolute Gasteiger partial charge is 0.573 e. The van der Waals surface area contributed by atoms with Gasteiger partial charge in [-0.3, -0.25) is 0 Å². The van der Waals surface area contributed by atoms with Crippen molar-refractivity contribution in [3.63, 3.8) is 0 Å². The van der Waals surface area contributed by atoms with Crippen LogP contribution in [0.5, 0.6) is 5.75 Å². The fraction of sp³-hybridized carbons (Fsp3) is 0.500. The normalized spacial score (nSPS) is 17.0. The molecule has 1 aliphatic rings. The monoisotopic (exact) mass is 230 g/mol. The van der Waals surface area contributed by atoms with Gasteiger partial charge in [0.05, 0.1) is 0 Å². The van der Waals surface area contributed by atoms with Crippen LogP contribution < -0.4 is 4.74 Å². The third kappa shape index (κ3) is 2.49. The second-order valence-corrected chi connectivity index (χ2v) is 4.20. The maximum Gasteiger partial charge on any atom is 0.573 e. The summed E-state index contributed by atoms with van der Waals surface area (Å²) in [6.07, 6.45) is -1.32. The van der Waals surface area contributed by atoms with Crippen LogP contribution in [0.1, 0.15) is 36.3 Å². The number of aryl methyl sites for hydroxylation is 1. The molecule has 0 N–H and O–H groups in total. The van der Waals surface area contributed by atoms with Crippen LogP contribution in [0, 0.1) is 6.92 Å². The van der Waals surface area contributed by atoms with Crippen molar-refractivity contribution in [2.24, 2.45) is 0 Å². The molecule has 0 aromatic heterocycles. The van der Waals surface area contributed by atoms with Crippen molar-refractivity contribution in [2.45, 2.75) is 38.5 Å². The van der Waals surface area contributed by atoms with Crippen molar-refractivity contribution >= 4 is 0 Å². The fourth-order valence-corrected chi connectivity index (χ4v) is 1.85. The van der Waals surface area contributed by atoms with E-state index in [9.17, 15) is 13.2 Å². The highest BCUT2D eigenvalue weighted by Crippen LogP contribution is 2.38. The molecule has 1 aromatic carbocycles. The van der Waals surface area contributed by atoms with Crippen molar-refractivity contribution in [1.29, 1.82) is 0 Å². The van der Waals surface area contributed by atoms with Gasteiger partial charge in [0.2, 0.25) is 0 Å². The molecule has 16 heavy (non-hydrogen) atoms. The molecule has 0 amide bonds. The summed E-state index contributed by atoms with van der Waals surface area (Å²) in [5, 5.41) is 0. The molecule has 1 aliphatic carbocycles. The summed E-state index contributed by atoms with van der Waals surface area (Å²) in [5.74, 6) is 0.341. The van der Waals surface area contributed by atoms with Gasteiger partial charge in [0.15, 0.2) is 0 Å². The van der Waals surface area contributed by atoms with Gasteiger partial charge in [0.1, 0.15) is 5.75 Å². The molecule has 1 fully saturated rings. The smallest absolute Gasteiger partial charge is 0.406 e. The Morgan fingerprint density at radius 2 is 1.94 bits per heavy atom. The van der Waals surface area contributed by atoms with Crippen LogP contribution in [0.15, 0.2) is 18.2 Å². The molecule has 0 aliphatic heterocycles. The van der Waals surface area contributed by atoms with Gasteiger partial charge in [-0.25, -0.2) is 0 Å². The summed E-state index contributed by atoms with van der Waals surface area (Å²) in [4.78, 5) is 0.